The van der Waals surface area contributed by atoms with E-state index in [2.05, 4.69) is 12.6 Å². The molecule has 1 nitrogen and oxygen atoms in total. The van der Waals surface area contributed by atoms with Gasteiger partial charge in [0.1, 0.15) is 5.60 Å². The second-order valence-electron chi connectivity index (χ2n) is 4.51. The Morgan fingerprint density at radius 3 is 2.35 bits per heavy atom. The minimum Gasteiger partial charge on any atom is -0.376 e. The Balaban J connectivity index is 2.24. The molecule has 17 heavy (non-hydrogen) atoms. The molecule has 2 aromatic rings. The Morgan fingerprint density at radius 1 is 0.941 bits per heavy atom. The normalized spacial score (nSPS) is 22.5. The lowest BCUT2D eigenvalue weighted by Gasteiger charge is -2.26. The maximum atomic E-state index is 11.0. The first-order valence-electron chi connectivity index (χ1n) is 5.77. The van der Waals surface area contributed by atoms with E-state index in [0.29, 0.717) is 0 Å². The fourth-order valence-electron chi connectivity index (χ4n) is 2.61. The van der Waals surface area contributed by atoms with Gasteiger partial charge >= 0.3 is 0 Å². The summed E-state index contributed by atoms with van der Waals surface area (Å²) in [5.41, 5.74) is 2.87. The first-order valence-corrected chi connectivity index (χ1v) is 5.77. The van der Waals surface area contributed by atoms with Gasteiger partial charge in [-0.3, -0.25) is 0 Å². The quantitative estimate of drug-likeness (QED) is 0.735. The van der Waals surface area contributed by atoms with E-state index in [-0.39, 0.29) is 0 Å². The predicted octanol–water partition coefficient (Wildman–Crippen LogP) is 3.03. The Labute approximate surface area is 101 Å². The molecule has 3 rings (SSSR count). The van der Waals surface area contributed by atoms with Crippen LogP contribution in [0.4, 0.5) is 0 Å². The average molecular weight is 222 g/mol. The molecule has 0 radical (unpaired) electrons. The van der Waals surface area contributed by atoms with Gasteiger partial charge in [0.2, 0.25) is 0 Å². The number of fused-ring (bicyclic) bond motifs is 1. The second-order valence-corrected chi connectivity index (χ2v) is 4.51. The fraction of sp³-hybridized carbons (Fsp3) is 0.125. The average Bonchev–Trinajstić information content (AvgIpc) is 2.64. The van der Waals surface area contributed by atoms with Crippen LogP contribution in [0.1, 0.15) is 16.7 Å². The van der Waals surface area contributed by atoms with E-state index in [0.717, 1.165) is 23.1 Å². The van der Waals surface area contributed by atoms with Gasteiger partial charge in [0.05, 0.1) is 0 Å². The highest BCUT2D eigenvalue weighted by Gasteiger charge is 2.41. The highest BCUT2D eigenvalue weighted by Crippen LogP contribution is 2.44. The predicted molar refractivity (Wildman–Crippen MR) is 68.7 cm³/mol. The third-order valence-corrected chi connectivity index (χ3v) is 3.51. The maximum absolute atomic E-state index is 11.0. The molecule has 0 aliphatic heterocycles. The van der Waals surface area contributed by atoms with Crippen molar-refractivity contribution < 1.29 is 5.11 Å². The van der Waals surface area contributed by atoms with E-state index in [4.69, 9.17) is 0 Å². The summed E-state index contributed by atoms with van der Waals surface area (Å²) in [6, 6.07) is 17.8. The molecular weight excluding hydrogens is 208 g/mol. The molecule has 0 spiro atoms. The standard InChI is InChI=1S/C16H14O/c1-12-11-13-7-5-6-10-15(13)16(12,17)14-8-3-2-4-9-14/h2-10,17H,1,11H2. The monoisotopic (exact) mass is 222 g/mol. The van der Waals surface area contributed by atoms with Crippen molar-refractivity contribution in [3.8, 4) is 0 Å². The minimum absolute atomic E-state index is 0.752. The lowest BCUT2D eigenvalue weighted by Crippen LogP contribution is -2.25. The van der Waals surface area contributed by atoms with Crippen LogP contribution in [0.2, 0.25) is 0 Å². The molecule has 0 saturated carbocycles. The van der Waals surface area contributed by atoms with E-state index < -0.39 is 5.60 Å². The van der Waals surface area contributed by atoms with Crippen LogP contribution >= 0.6 is 0 Å². The summed E-state index contributed by atoms with van der Waals surface area (Å²) in [6.07, 6.45) is 0.752. The summed E-state index contributed by atoms with van der Waals surface area (Å²) in [4.78, 5) is 0. The van der Waals surface area contributed by atoms with Crippen LogP contribution in [-0.2, 0) is 12.0 Å². The smallest absolute Gasteiger partial charge is 0.136 e. The molecular formula is C16H14O. The summed E-state index contributed by atoms with van der Waals surface area (Å²) >= 11 is 0. The van der Waals surface area contributed by atoms with Gasteiger partial charge in [0, 0.05) is 0 Å². The second kappa shape index (κ2) is 3.57. The van der Waals surface area contributed by atoms with Crippen LogP contribution in [0.15, 0.2) is 66.7 Å². The Morgan fingerprint density at radius 2 is 1.59 bits per heavy atom. The zero-order valence-corrected chi connectivity index (χ0v) is 9.56. The molecule has 1 N–H and O–H groups in total. The van der Waals surface area contributed by atoms with Crippen molar-refractivity contribution in [2.24, 2.45) is 0 Å². The summed E-state index contributed by atoms with van der Waals surface area (Å²) in [5.74, 6) is 0. The third-order valence-electron chi connectivity index (χ3n) is 3.51. The number of rotatable bonds is 1. The van der Waals surface area contributed by atoms with E-state index in [9.17, 15) is 5.11 Å². The molecule has 1 atom stereocenters. The first kappa shape index (κ1) is 10.3. The number of hydrogen-bond acceptors (Lipinski definition) is 1. The molecule has 0 amide bonds. The molecule has 1 aliphatic carbocycles. The topological polar surface area (TPSA) is 20.2 Å². The molecule has 0 bridgehead atoms. The summed E-state index contributed by atoms with van der Waals surface area (Å²) in [7, 11) is 0. The van der Waals surface area contributed by atoms with Gasteiger partial charge in [-0.05, 0) is 28.7 Å². The fourth-order valence-corrected chi connectivity index (χ4v) is 2.61. The van der Waals surface area contributed by atoms with E-state index in [1.54, 1.807) is 0 Å². The van der Waals surface area contributed by atoms with Gasteiger partial charge in [-0.1, -0.05) is 61.2 Å². The van der Waals surface area contributed by atoms with Gasteiger partial charge in [0.15, 0.2) is 0 Å². The van der Waals surface area contributed by atoms with Gasteiger partial charge in [-0.15, -0.1) is 0 Å². The lowest BCUT2D eigenvalue weighted by molar-refractivity contribution is 0.127. The molecule has 1 heteroatoms. The third kappa shape index (κ3) is 1.36. The zero-order chi connectivity index (χ0) is 11.9. The van der Waals surface area contributed by atoms with Gasteiger partial charge in [0.25, 0.3) is 0 Å². The van der Waals surface area contributed by atoms with Crippen LogP contribution in [0.5, 0.6) is 0 Å². The van der Waals surface area contributed by atoms with Crippen molar-refractivity contribution in [3.63, 3.8) is 0 Å². The highest BCUT2D eigenvalue weighted by molar-refractivity contribution is 5.54. The van der Waals surface area contributed by atoms with Gasteiger partial charge in [-0.25, -0.2) is 0 Å². The molecule has 0 aromatic heterocycles. The molecule has 1 unspecified atom stereocenters. The van der Waals surface area contributed by atoms with Gasteiger partial charge < -0.3 is 5.11 Å². The first-order chi connectivity index (χ1) is 8.23. The molecule has 1 aliphatic rings. The summed E-state index contributed by atoms with van der Waals surface area (Å²) < 4.78 is 0. The summed E-state index contributed by atoms with van der Waals surface area (Å²) in [5, 5.41) is 11.0. The minimum atomic E-state index is -1.02. The van der Waals surface area contributed by atoms with Crippen molar-refractivity contribution in [1.82, 2.24) is 0 Å². The highest BCUT2D eigenvalue weighted by atomic mass is 16.3. The maximum Gasteiger partial charge on any atom is 0.136 e. The van der Waals surface area contributed by atoms with Crippen molar-refractivity contribution in [1.29, 1.82) is 0 Å². The lowest BCUT2D eigenvalue weighted by atomic mass is 9.85. The molecule has 0 saturated heterocycles. The Kier molecular flexibility index (Phi) is 2.17. The van der Waals surface area contributed by atoms with Crippen molar-refractivity contribution in [3.05, 3.63) is 83.4 Å². The van der Waals surface area contributed by atoms with E-state index >= 15 is 0 Å². The van der Waals surface area contributed by atoms with Crippen LogP contribution in [0.25, 0.3) is 0 Å². The van der Waals surface area contributed by atoms with Crippen molar-refractivity contribution in [2.75, 3.05) is 0 Å². The van der Waals surface area contributed by atoms with Crippen LogP contribution in [0.3, 0.4) is 0 Å². The molecule has 0 heterocycles. The number of benzene rings is 2. The Bertz CT molecular complexity index is 571. The van der Waals surface area contributed by atoms with E-state index in [1.807, 2.05) is 48.5 Å². The van der Waals surface area contributed by atoms with E-state index in [1.165, 1.54) is 5.56 Å². The molecule has 2 aromatic carbocycles. The van der Waals surface area contributed by atoms with Crippen molar-refractivity contribution in [2.45, 2.75) is 12.0 Å². The number of aliphatic hydroxyl groups is 1. The van der Waals surface area contributed by atoms with Crippen LogP contribution < -0.4 is 0 Å². The number of hydrogen-bond donors (Lipinski definition) is 1. The largest absolute Gasteiger partial charge is 0.376 e. The SMILES string of the molecule is C=C1Cc2ccccc2C1(O)c1ccccc1. The molecule has 84 valence electrons. The van der Waals surface area contributed by atoms with Crippen LogP contribution in [0, 0.1) is 0 Å². The zero-order valence-electron chi connectivity index (χ0n) is 9.56. The van der Waals surface area contributed by atoms with Crippen molar-refractivity contribution >= 4 is 0 Å². The Hall–Kier alpha value is -1.86. The summed E-state index contributed by atoms with van der Waals surface area (Å²) in [6.45, 7) is 4.05. The van der Waals surface area contributed by atoms with Gasteiger partial charge in [-0.2, -0.15) is 0 Å². The van der Waals surface area contributed by atoms with Crippen LogP contribution in [-0.4, -0.2) is 5.11 Å². The molecule has 0 fully saturated rings.